The standard InChI is InChI=1S/C17H14FNO/c18-15-8-6-14(7-9-15)17(10-3-11-19)16-5-2-1-4-13(16)12-20-17/h1-2,4-9H,3,10,12H2. The SMILES string of the molecule is N#CCCC1(c2ccc(F)cc2)OCc2ccccc21. The fourth-order valence-electron chi connectivity index (χ4n) is 2.86. The molecule has 2 aromatic rings. The zero-order valence-corrected chi connectivity index (χ0v) is 11.0. The lowest BCUT2D eigenvalue weighted by molar-refractivity contribution is -0.0106. The number of ether oxygens (including phenoxy) is 1. The van der Waals surface area contributed by atoms with E-state index in [0.717, 1.165) is 16.7 Å². The van der Waals surface area contributed by atoms with E-state index in [-0.39, 0.29) is 5.82 Å². The van der Waals surface area contributed by atoms with Crippen molar-refractivity contribution >= 4 is 0 Å². The van der Waals surface area contributed by atoms with E-state index in [4.69, 9.17) is 10.00 Å². The number of hydrogen-bond acceptors (Lipinski definition) is 2. The molecule has 3 heteroatoms. The van der Waals surface area contributed by atoms with Crippen molar-refractivity contribution in [1.29, 1.82) is 5.26 Å². The highest BCUT2D eigenvalue weighted by atomic mass is 19.1. The van der Waals surface area contributed by atoms with Crippen molar-refractivity contribution in [1.82, 2.24) is 0 Å². The Morgan fingerprint density at radius 1 is 1.15 bits per heavy atom. The number of halogens is 1. The van der Waals surface area contributed by atoms with Crippen LogP contribution in [0, 0.1) is 17.1 Å². The minimum absolute atomic E-state index is 0.268. The summed E-state index contributed by atoms with van der Waals surface area (Å²) in [5, 5.41) is 8.91. The Labute approximate surface area is 117 Å². The highest BCUT2D eigenvalue weighted by Gasteiger charge is 2.41. The van der Waals surface area contributed by atoms with E-state index in [1.807, 2.05) is 24.3 Å². The van der Waals surface area contributed by atoms with Crippen molar-refractivity contribution in [3.8, 4) is 6.07 Å². The third-order valence-corrected chi connectivity index (χ3v) is 3.83. The maximum Gasteiger partial charge on any atom is 0.123 e. The molecule has 0 saturated heterocycles. The normalized spacial score (nSPS) is 20.4. The van der Waals surface area contributed by atoms with Gasteiger partial charge in [-0.1, -0.05) is 36.4 Å². The van der Waals surface area contributed by atoms with Gasteiger partial charge >= 0.3 is 0 Å². The minimum Gasteiger partial charge on any atom is -0.361 e. The molecule has 0 radical (unpaired) electrons. The molecule has 1 aliphatic heterocycles. The van der Waals surface area contributed by atoms with Crippen molar-refractivity contribution in [2.24, 2.45) is 0 Å². The fraction of sp³-hybridized carbons (Fsp3) is 0.235. The molecule has 0 bridgehead atoms. The van der Waals surface area contributed by atoms with Gasteiger partial charge < -0.3 is 4.74 Å². The second-order valence-electron chi connectivity index (χ2n) is 4.94. The Hall–Kier alpha value is -2.18. The Morgan fingerprint density at radius 3 is 2.65 bits per heavy atom. The van der Waals surface area contributed by atoms with Crippen molar-refractivity contribution < 1.29 is 9.13 Å². The maximum atomic E-state index is 13.2. The van der Waals surface area contributed by atoms with Crippen LogP contribution in [0.25, 0.3) is 0 Å². The summed E-state index contributed by atoms with van der Waals surface area (Å²) in [5.74, 6) is -0.268. The molecule has 1 heterocycles. The molecule has 1 unspecified atom stereocenters. The summed E-state index contributed by atoms with van der Waals surface area (Å²) >= 11 is 0. The fourth-order valence-corrected chi connectivity index (χ4v) is 2.86. The van der Waals surface area contributed by atoms with E-state index in [9.17, 15) is 4.39 Å². The Morgan fingerprint density at radius 2 is 1.90 bits per heavy atom. The number of nitrogens with zero attached hydrogens (tertiary/aromatic N) is 1. The first-order valence-corrected chi connectivity index (χ1v) is 6.61. The number of fused-ring (bicyclic) bond motifs is 1. The summed E-state index contributed by atoms with van der Waals surface area (Å²) in [7, 11) is 0. The summed E-state index contributed by atoms with van der Waals surface area (Å²) in [4.78, 5) is 0. The summed E-state index contributed by atoms with van der Waals surface area (Å²) in [6, 6.07) is 16.6. The van der Waals surface area contributed by atoms with Gasteiger partial charge in [-0.25, -0.2) is 4.39 Å². The summed E-state index contributed by atoms with van der Waals surface area (Å²) < 4.78 is 19.2. The first kappa shape index (κ1) is 12.8. The van der Waals surface area contributed by atoms with Gasteiger partial charge in [0.05, 0.1) is 12.7 Å². The van der Waals surface area contributed by atoms with Crippen molar-refractivity contribution in [3.63, 3.8) is 0 Å². The smallest absolute Gasteiger partial charge is 0.123 e. The molecule has 1 atom stereocenters. The third-order valence-electron chi connectivity index (χ3n) is 3.83. The van der Waals surface area contributed by atoms with Crippen LogP contribution in [0.2, 0.25) is 0 Å². The van der Waals surface area contributed by atoms with Crippen molar-refractivity contribution in [2.45, 2.75) is 25.0 Å². The van der Waals surface area contributed by atoms with Gasteiger partial charge in [0, 0.05) is 6.42 Å². The van der Waals surface area contributed by atoms with Gasteiger partial charge in [-0.2, -0.15) is 5.26 Å². The molecule has 0 amide bonds. The molecule has 0 aromatic heterocycles. The molecular formula is C17H14FNO. The maximum absolute atomic E-state index is 13.2. The zero-order chi connectivity index (χ0) is 14.0. The van der Waals surface area contributed by atoms with Gasteiger partial charge in [0.2, 0.25) is 0 Å². The minimum atomic E-state index is -0.625. The number of nitriles is 1. The number of hydrogen-bond donors (Lipinski definition) is 0. The molecule has 1 aliphatic rings. The molecule has 0 saturated carbocycles. The largest absolute Gasteiger partial charge is 0.361 e. The number of rotatable bonds is 3. The van der Waals surface area contributed by atoms with E-state index in [1.54, 1.807) is 12.1 Å². The van der Waals surface area contributed by atoms with E-state index in [0.29, 0.717) is 19.4 Å². The lowest BCUT2D eigenvalue weighted by Crippen LogP contribution is -2.26. The number of benzene rings is 2. The summed E-state index contributed by atoms with van der Waals surface area (Å²) in [5.41, 5.74) is 2.50. The van der Waals surface area contributed by atoms with Crippen LogP contribution in [0.15, 0.2) is 48.5 Å². The van der Waals surface area contributed by atoms with Gasteiger partial charge in [-0.05, 0) is 35.2 Å². The predicted octanol–water partition coefficient (Wildman–Crippen LogP) is 3.90. The van der Waals surface area contributed by atoms with Crippen LogP contribution in [0.5, 0.6) is 0 Å². The average Bonchev–Trinajstić information content (AvgIpc) is 2.86. The average molecular weight is 267 g/mol. The van der Waals surface area contributed by atoms with Crippen LogP contribution < -0.4 is 0 Å². The first-order valence-electron chi connectivity index (χ1n) is 6.61. The molecule has 0 N–H and O–H groups in total. The molecule has 2 nitrogen and oxygen atoms in total. The third kappa shape index (κ3) is 1.99. The lowest BCUT2D eigenvalue weighted by atomic mass is 9.82. The van der Waals surface area contributed by atoms with Gasteiger partial charge in [0.15, 0.2) is 0 Å². The van der Waals surface area contributed by atoms with Gasteiger partial charge in [0.25, 0.3) is 0 Å². The Bertz CT molecular complexity index is 659. The molecular weight excluding hydrogens is 253 g/mol. The van der Waals surface area contributed by atoms with Crippen LogP contribution in [-0.2, 0) is 16.9 Å². The summed E-state index contributed by atoms with van der Waals surface area (Å²) in [6.07, 6.45) is 0.970. The van der Waals surface area contributed by atoms with Gasteiger partial charge in [-0.3, -0.25) is 0 Å². The monoisotopic (exact) mass is 267 g/mol. The first-order chi connectivity index (χ1) is 9.76. The van der Waals surface area contributed by atoms with E-state index < -0.39 is 5.60 Å². The van der Waals surface area contributed by atoms with Crippen LogP contribution in [-0.4, -0.2) is 0 Å². The second-order valence-corrected chi connectivity index (χ2v) is 4.94. The topological polar surface area (TPSA) is 33.0 Å². The lowest BCUT2D eigenvalue weighted by Gasteiger charge is -2.29. The van der Waals surface area contributed by atoms with Gasteiger partial charge in [0.1, 0.15) is 11.4 Å². The van der Waals surface area contributed by atoms with Crippen molar-refractivity contribution in [3.05, 3.63) is 71.0 Å². The molecule has 20 heavy (non-hydrogen) atoms. The molecule has 0 fully saturated rings. The molecule has 0 spiro atoms. The molecule has 3 rings (SSSR count). The highest BCUT2D eigenvalue weighted by Crippen LogP contribution is 2.45. The van der Waals surface area contributed by atoms with E-state index in [2.05, 4.69) is 6.07 Å². The second kappa shape index (κ2) is 5.07. The highest BCUT2D eigenvalue weighted by molar-refractivity contribution is 5.44. The quantitative estimate of drug-likeness (QED) is 0.844. The predicted molar refractivity (Wildman–Crippen MR) is 73.3 cm³/mol. The van der Waals surface area contributed by atoms with Crippen LogP contribution in [0.3, 0.4) is 0 Å². The molecule has 100 valence electrons. The van der Waals surface area contributed by atoms with E-state index in [1.165, 1.54) is 12.1 Å². The van der Waals surface area contributed by atoms with Gasteiger partial charge in [-0.15, -0.1) is 0 Å². The van der Waals surface area contributed by atoms with Crippen LogP contribution in [0.4, 0.5) is 4.39 Å². The Balaban J connectivity index is 2.12. The zero-order valence-electron chi connectivity index (χ0n) is 11.0. The molecule has 0 aliphatic carbocycles. The van der Waals surface area contributed by atoms with Crippen molar-refractivity contribution in [2.75, 3.05) is 0 Å². The Kier molecular flexibility index (Phi) is 3.25. The van der Waals surface area contributed by atoms with Crippen LogP contribution in [0.1, 0.15) is 29.5 Å². The van der Waals surface area contributed by atoms with E-state index >= 15 is 0 Å². The molecule has 2 aromatic carbocycles. The summed E-state index contributed by atoms with van der Waals surface area (Å²) in [6.45, 7) is 0.527. The van der Waals surface area contributed by atoms with Crippen LogP contribution >= 0.6 is 0 Å².